The van der Waals surface area contributed by atoms with Crippen molar-refractivity contribution in [2.24, 2.45) is 0 Å². The number of halogens is 1. The van der Waals surface area contributed by atoms with Gasteiger partial charge in [-0.25, -0.2) is 9.69 Å². The minimum absolute atomic E-state index is 0.164. The lowest BCUT2D eigenvalue weighted by molar-refractivity contribution is -0.122. The Bertz CT molecular complexity index is 1300. The molecule has 0 aliphatic carbocycles. The average molecular weight is 461 g/mol. The molecular weight excluding hydrogens is 440 g/mol. The zero-order chi connectivity index (χ0) is 23.5. The molecule has 0 spiro atoms. The lowest BCUT2D eigenvalue weighted by Gasteiger charge is -2.27. The molecule has 0 atom stereocenters. The summed E-state index contributed by atoms with van der Waals surface area (Å²) >= 11 is 6.38. The molecule has 0 unspecified atom stereocenters. The first kappa shape index (κ1) is 22.3. The largest absolute Gasteiger partial charge is 0.487 e. The fourth-order valence-electron chi connectivity index (χ4n) is 3.54. The van der Waals surface area contributed by atoms with Gasteiger partial charge >= 0.3 is 6.03 Å². The lowest BCUT2D eigenvalue weighted by atomic mass is 10.1. The number of amides is 4. The predicted molar refractivity (Wildman–Crippen MR) is 127 cm³/mol. The Kier molecular flexibility index (Phi) is 6.29. The van der Waals surface area contributed by atoms with E-state index in [0.717, 1.165) is 21.6 Å². The van der Waals surface area contributed by atoms with E-state index < -0.39 is 17.8 Å². The van der Waals surface area contributed by atoms with Crippen LogP contribution in [0.5, 0.6) is 5.75 Å². The van der Waals surface area contributed by atoms with Crippen LogP contribution in [0.1, 0.15) is 22.3 Å². The minimum Gasteiger partial charge on any atom is -0.487 e. The predicted octanol–water partition coefficient (Wildman–Crippen LogP) is 5.20. The Morgan fingerprint density at radius 2 is 1.76 bits per heavy atom. The fraction of sp³-hybridized carbons (Fsp3) is 0.115. The third-order valence-corrected chi connectivity index (χ3v) is 5.50. The number of hydrogen-bond acceptors (Lipinski definition) is 4. The summed E-state index contributed by atoms with van der Waals surface area (Å²) in [4.78, 5) is 38.8. The van der Waals surface area contributed by atoms with Gasteiger partial charge in [-0.05, 0) is 54.8 Å². The zero-order valence-electron chi connectivity index (χ0n) is 18.1. The highest BCUT2D eigenvalue weighted by Gasteiger charge is 2.37. The van der Waals surface area contributed by atoms with Crippen LogP contribution in [0.3, 0.4) is 0 Å². The molecule has 0 aromatic heterocycles. The minimum atomic E-state index is -0.783. The highest BCUT2D eigenvalue weighted by atomic mass is 35.5. The van der Waals surface area contributed by atoms with Crippen molar-refractivity contribution in [2.45, 2.75) is 20.5 Å². The van der Waals surface area contributed by atoms with Crippen molar-refractivity contribution < 1.29 is 19.1 Å². The number of barbiturate groups is 1. The van der Waals surface area contributed by atoms with Gasteiger partial charge in [-0.2, -0.15) is 0 Å². The van der Waals surface area contributed by atoms with Crippen LogP contribution in [-0.2, 0) is 16.2 Å². The molecule has 0 bridgehead atoms. The van der Waals surface area contributed by atoms with Gasteiger partial charge in [0.1, 0.15) is 17.9 Å². The van der Waals surface area contributed by atoms with Gasteiger partial charge in [0.15, 0.2) is 0 Å². The Morgan fingerprint density at radius 1 is 0.970 bits per heavy atom. The molecule has 4 amide bonds. The van der Waals surface area contributed by atoms with Crippen LogP contribution in [0.15, 0.2) is 72.3 Å². The fourth-order valence-corrected chi connectivity index (χ4v) is 3.79. The van der Waals surface area contributed by atoms with Crippen molar-refractivity contribution in [1.29, 1.82) is 0 Å². The second-order valence-corrected chi connectivity index (χ2v) is 8.12. The summed E-state index contributed by atoms with van der Waals surface area (Å²) in [5.74, 6) is -0.976. The molecule has 1 saturated heterocycles. The van der Waals surface area contributed by atoms with E-state index in [4.69, 9.17) is 16.3 Å². The standard InChI is InChI=1S/C26H21ClN2O4/c1-16-6-5-8-19(12-16)15-33-23-11-10-18(14-21(23)27)13-20-24(30)28-26(32)29(25(20)31)22-9-4-3-7-17(22)2/h3-14H,15H2,1-2H3,(H,28,30,32)/b20-13+. The molecular formula is C26H21ClN2O4. The molecule has 4 rings (SSSR count). The van der Waals surface area contributed by atoms with Gasteiger partial charge in [0, 0.05) is 0 Å². The van der Waals surface area contributed by atoms with E-state index in [-0.39, 0.29) is 5.57 Å². The Labute approximate surface area is 196 Å². The lowest BCUT2D eigenvalue weighted by Crippen LogP contribution is -2.54. The van der Waals surface area contributed by atoms with Crippen molar-refractivity contribution in [3.8, 4) is 5.75 Å². The smallest absolute Gasteiger partial charge is 0.335 e. The molecule has 1 aliphatic heterocycles. The molecule has 166 valence electrons. The number of nitrogens with one attached hydrogen (secondary N) is 1. The van der Waals surface area contributed by atoms with Crippen molar-refractivity contribution in [1.82, 2.24) is 5.32 Å². The summed E-state index contributed by atoms with van der Waals surface area (Å²) in [6.45, 7) is 4.15. The van der Waals surface area contributed by atoms with Crippen LogP contribution < -0.4 is 15.0 Å². The van der Waals surface area contributed by atoms with E-state index in [2.05, 4.69) is 5.32 Å². The summed E-state index contributed by atoms with van der Waals surface area (Å²) in [5.41, 5.74) is 3.66. The molecule has 1 N–H and O–H groups in total. The number of hydrogen-bond donors (Lipinski definition) is 1. The van der Waals surface area contributed by atoms with Crippen LogP contribution in [0, 0.1) is 13.8 Å². The number of imide groups is 2. The molecule has 3 aromatic carbocycles. The van der Waals surface area contributed by atoms with Crippen molar-refractivity contribution in [3.05, 3.63) is 99.6 Å². The number of benzene rings is 3. The summed E-state index contributed by atoms with van der Waals surface area (Å²) in [5, 5.41) is 2.57. The van der Waals surface area contributed by atoms with Crippen LogP contribution in [-0.4, -0.2) is 17.8 Å². The Morgan fingerprint density at radius 3 is 2.48 bits per heavy atom. The monoisotopic (exact) mass is 460 g/mol. The zero-order valence-corrected chi connectivity index (χ0v) is 18.8. The Hall–Kier alpha value is -3.90. The number of aryl methyl sites for hydroxylation is 2. The first-order valence-electron chi connectivity index (χ1n) is 10.3. The van der Waals surface area contributed by atoms with Crippen molar-refractivity contribution in [3.63, 3.8) is 0 Å². The molecule has 0 radical (unpaired) electrons. The number of urea groups is 1. The van der Waals surface area contributed by atoms with E-state index in [9.17, 15) is 14.4 Å². The van der Waals surface area contributed by atoms with E-state index in [1.165, 1.54) is 6.08 Å². The molecule has 0 saturated carbocycles. The average Bonchev–Trinajstić information content (AvgIpc) is 2.77. The van der Waals surface area contributed by atoms with Gasteiger partial charge in [-0.1, -0.05) is 65.7 Å². The number of carbonyl (C=O) groups is 3. The van der Waals surface area contributed by atoms with Crippen molar-refractivity contribution in [2.75, 3.05) is 4.90 Å². The van der Waals surface area contributed by atoms with E-state index in [1.54, 1.807) is 49.4 Å². The normalized spacial score (nSPS) is 15.1. The van der Waals surface area contributed by atoms with Crippen LogP contribution >= 0.6 is 11.6 Å². The maximum absolute atomic E-state index is 13.1. The van der Waals surface area contributed by atoms with Crippen LogP contribution in [0.2, 0.25) is 5.02 Å². The van der Waals surface area contributed by atoms with Crippen LogP contribution in [0.25, 0.3) is 6.08 Å². The second-order valence-electron chi connectivity index (χ2n) is 7.71. The van der Waals surface area contributed by atoms with Gasteiger partial charge in [0.2, 0.25) is 0 Å². The second kappa shape index (κ2) is 9.30. The Balaban J connectivity index is 1.57. The summed E-state index contributed by atoms with van der Waals surface area (Å²) in [6.07, 6.45) is 1.41. The van der Waals surface area contributed by atoms with Gasteiger partial charge < -0.3 is 4.74 Å². The molecule has 3 aromatic rings. The number of carbonyl (C=O) groups excluding carboxylic acids is 3. The number of ether oxygens (including phenoxy) is 1. The quantitative estimate of drug-likeness (QED) is 0.419. The van der Waals surface area contributed by atoms with E-state index >= 15 is 0 Å². The van der Waals surface area contributed by atoms with Gasteiger partial charge in [0.05, 0.1) is 10.7 Å². The molecule has 6 nitrogen and oxygen atoms in total. The third-order valence-electron chi connectivity index (χ3n) is 5.20. The molecule has 1 heterocycles. The molecule has 7 heteroatoms. The topological polar surface area (TPSA) is 75.7 Å². The van der Waals surface area contributed by atoms with E-state index in [0.29, 0.717) is 28.6 Å². The van der Waals surface area contributed by atoms with Crippen molar-refractivity contribution >= 4 is 41.2 Å². The van der Waals surface area contributed by atoms with Crippen LogP contribution in [0.4, 0.5) is 10.5 Å². The molecule has 1 aliphatic rings. The van der Waals surface area contributed by atoms with E-state index in [1.807, 2.05) is 31.2 Å². The van der Waals surface area contributed by atoms with Gasteiger partial charge in [-0.15, -0.1) is 0 Å². The summed E-state index contributed by atoms with van der Waals surface area (Å²) in [6, 6.07) is 19.1. The first-order chi connectivity index (χ1) is 15.8. The highest BCUT2D eigenvalue weighted by molar-refractivity contribution is 6.39. The molecule has 33 heavy (non-hydrogen) atoms. The summed E-state index contributed by atoms with van der Waals surface area (Å²) in [7, 11) is 0. The SMILES string of the molecule is Cc1cccc(COc2ccc(/C=C3\C(=O)NC(=O)N(c4ccccc4C)C3=O)cc2Cl)c1. The maximum atomic E-state index is 13.1. The number of anilines is 1. The first-order valence-corrected chi connectivity index (χ1v) is 10.7. The molecule has 1 fully saturated rings. The number of para-hydroxylation sites is 1. The number of nitrogens with zero attached hydrogens (tertiary/aromatic N) is 1. The highest BCUT2D eigenvalue weighted by Crippen LogP contribution is 2.29. The number of rotatable bonds is 5. The van der Waals surface area contributed by atoms with Gasteiger partial charge in [-0.3, -0.25) is 14.9 Å². The third kappa shape index (κ3) is 4.81. The maximum Gasteiger partial charge on any atom is 0.335 e. The summed E-state index contributed by atoms with van der Waals surface area (Å²) < 4.78 is 5.82. The van der Waals surface area contributed by atoms with Gasteiger partial charge in [0.25, 0.3) is 11.8 Å².